The summed E-state index contributed by atoms with van der Waals surface area (Å²) in [5, 5.41) is 0. The highest BCUT2D eigenvalue weighted by Crippen LogP contribution is 2.17. The maximum absolute atomic E-state index is 12.7. The topological polar surface area (TPSA) is 78.9 Å². The van der Waals surface area contributed by atoms with E-state index in [4.69, 9.17) is 14.2 Å². The van der Waals surface area contributed by atoms with Gasteiger partial charge in [0.2, 0.25) is 0 Å². The summed E-state index contributed by atoms with van der Waals surface area (Å²) in [5.74, 6) is -0.0271. The zero-order chi connectivity index (χ0) is 43.1. The van der Waals surface area contributed by atoms with Crippen LogP contribution in [0.4, 0.5) is 0 Å². The molecule has 6 nitrogen and oxygen atoms in total. The summed E-state index contributed by atoms with van der Waals surface area (Å²) >= 11 is 0. The standard InChI is InChI=1S/C53H102O6/c1-5-7-9-11-13-15-17-18-19-20-21-22-23-24-29-32-36-40-44-51(54)57-47-50(59-53(56)46-42-38-34-28-16-14-12-10-8-6-2)48-58-52(55)45-41-37-33-30-26-25-27-31-35-39-43-49(3)4/h49-50H,5-48H2,1-4H3/t50-/m0/s1. The first kappa shape index (κ1) is 57.4. The maximum Gasteiger partial charge on any atom is 0.306 e. The van der Waals surface area contributed by atoms with Gasteiger partial charge in [-0.1, -0.05) is 259 Å². The van der Waals surface area contributed by atoms with Crippen molar-refractivity contribution in [3.05, 3.63) is 0 Å². The number of hydrogen-bond donors (Lipinski definition) is 0. The lowest BCUT2D eigenvalue weighted by molar-refractivity contribution is -0.167. The Hall–Kier alpha value is -1.59. The molecule has 350 valence electrons. The van der Waals surface area contributed by atoms with Gasteiger partial charge < -0.3 is 14.2 Å². The van der Waals surface area contributed by atoms with Crippen LogP contribution in [-0.4, -0.2) is 37.2 Å². The Morgan fingerprint density at radius 3 is 0.831 bits per heavy atom. The summed E-state index contributed by atoms with van der Waals surface area (Å²) in [4.78, 5) is 37.9. The molecule has 0 amide bonds. The third-order valence-electron chi connectivity index (χ3n) is 12.0. The summed E-state index contributed by atoms with van der Waals surface area (Å²) in [6, 6.07) is 0. The van der Waals surface area contributed by atoms with E-state index in [0.717, 1.165) is 63.7 Å². The molecule has 0 aromatic carbocycles. The van der Waals surface area contributed by atoms with Gasteiger partial charge in [-0.25, -0.2) is 0 Å². The van der Waals surface area contributed by atoms with Gasteiger partial charge >= 0.3 is 17.9 Å². The van der Waals surface area contributed by atoms with E-state index in [1.165, 1.54) is 193 Å². The normalized spacial score (nSPS) is 11.9. The SMILES string of the molecule is CCCCCCCCCCCCCCCCCCCCC(=O)OC[C@@H](COC(=O)CCCCCCCCCCCCC(C)C)OC(=O)CCCCCCCCCCCC. The molecule has 0 saturated heterocycles. The van der Waals surface area contributed by atoms with Crippen molar-refractivity contribution >= 4 is 17.9 Å². The van der Waals surface area contributed by atoms with Crippen LogP contribution in [0.2, 0.25) is 0 Å². The Bertz CT molecular complexity index is 887. The van der Waals surface area contributed by atoms with Crippen molar-refractivity contribution in [3.8, 4) is 0 Å². The molecule has 0 saturated carbocycles. The highest BCUT2D eigenvalue weighted by molar-refractivity contribution is 5.71. The lowest BCUT2D eigenvalue weighted by atomic mass is 10.0. The van der Waals surface area contributed by atoms with Crippen LogP contribution >= 0.6 is 0 Å². The van der Waals surface area contributed by atoms with Crippen molar-refractivity contribution < 1.29 is 28.6 Å². The van der Waals surface area contributed by atoms with Gasteiger partial charge in [0.05, 0.1) is 0 Å². The minimum Gasteiger partial charge on any atom is -0.462 e. The minimum absolute atomic E-state index is 0.0628. The molecule has 0 bridgehead atoms. The van der Waals surface area contributed by atoms with Gasteiger partial charge in [-0.2, -0.15) is 0 Å². The molecule has 0 unspecified atom stereocenters. The third kappa shape index (κ3) is 47.3. The maximum atomic E-state index is 12.7. The van der Waals surface area contributed by atoms with Gasteiger partial charge in [0.25, 0.3) is 0 Å². The lowest BCUT2D eigenvalue weighted by Crippen LogP contribution is -2.30. The van der Waals surface area contributed by atoms with E-state index in [-0.39, 0.29) is 31.1 Å². The van der Waals surface area contributed by atoms with Crippen LogP contribution in [0.5, 0.6) is 0 Å². The van der Waals surface area contributed by atoms with Crippen molar-refractivity contribution in [2.75, 3.05) is 13.2 Å². The summed E-state index contributed by atoms with van der Waals surface area (Å²) in [5.41, 5.74) is 0. The third-order valence-corrected chi connectivity index (χ3v) is 12.0. The van der Waals surface area contributed by atoms with Crippen LogP contribution in [0.1, 0.15) is 297 Å². The molecule has 0 radical (unpaired) electrons. The van der Waals surface area contributed by atoms with E-state index >= 15 is 0 Å². The molecular weight excluding hydrogens is 733 g/mol. The van der Waals surface area contributed by atoms with Crippen LogP contribution in [0, 0.1) is 5.92 Å². The quantitative estimate of drug-likeness (QED) is 0.0345. The van der Waals surface area contributed by atoms with Crippen molar-refractivity contribution in [2.24, 2.45) is 5.92 Å². The molecule has 1 atom stereocenters. The molecule has 6 heteroatoms. The molecule has 59 heavy (non-hydrogen) atoms. The van der Waals surface area contributed by atoms with Crippen LogP contribution < -0.4 is 0 Å². The number of carbonyl (C=O) groups is 3. The largest absolute Gasteiger partial charge is 0.462 e. The van der Waals surface area contributed by atoms with E-state index in [2.05, 4.69) is 27.7 Å². The fourth-order valence-electron chi connectivity index (χ4n) is 8.04. The van der Waals surface area contributed by atoms with Crippen molar-refractivity contribution in [3.63, 3.8) is 0 Å². The molecular formula is C53H102O6. The Balaban J connectivity index is 4.23. The highest BCUT2D eigenvalue weighted by atomic mass is 16.6. The van der Waals surface area contributed by atoms with Gasteiger partial charge in [-0.3, -0.25) is 14.4 Å². The number of unbranched alkanes of at least 4 members (excludes halogenated alkanes) is 35. The number of esters is 3. The number of carbonyl (C=O) groups excluding carboxylic acids is 3. The second-order valence-corrected chi connectivity index (χ2v) is 18.6. The highest BCUT2D eigenvalue weighted by Gasteiger charge is 2.19. The number of hydrogen-bond acceptors (Lipinski definition) is 6. The molecule has 0 N–H and O–H groups in total. The Morgan fingerprint density at radius 2 is 0.559 bits per heavy atom. The van der Waals surface area contributed by atoms with Crippen molar-refractivity contribution in [1.82, 2.24) is 0 Å². The van der Waals surface area contributed by atoms with Crippen LogP contribution in [0.3, 0.4) is 0 Å². The van der Waals surface area contributed by atoms with Gasteiger partial charge in [-0.05, 0) is 25.2 Å². The molecule has 0 aliphatic rings. The molecule has 0 aromatic rings. The van der Waals surface area contributed by atoms with Gasteiger partial charge in [-0.15, -0.1) is 0 Å². The predicted molar refractivity (Wildman–Crippen MR) is 252 cm³/mol. The van der Waals surface area contributed by atoms with Crippen LogP contribution in [0.15, 0.2) is 0 Å². The molecule has 0 spiro atoms. The zero-order valence-corrected chi connectivity index (χ0v) is 40.2. The van der Waals surface area contributed by atoms with Gasteiger partial charge in [0.1, 0.15) is 13.2 Å². The lowest BCUT2D eigenvalue weighted by Gasteiger charge is -2.18. The van der Waals surface area contributed by atoms with E-state index in [9.17, 15) is 14.4 Å². The number of ether oxygens (including phenoxy) is 3. The predicted octanol–water partition coefficient (Wildman–Crippen LogP) is 17.1. The fourth-order valence-corrected chi connectivity index (χ4v) is 8.04. The summed E-state index contributed by atoms with van der Waals surface area (Å²) in [6.07, 6.45) is 49.5. The van der Waals surface area contributed by atoms with E-state index in [0.29, 0.717) is 19.3 Å². The molecule has 0 aromatic heterocycles. The van der Waals surface area contributed by atoms with Crippen LogP contribution in [0.25, 0.3) is 0 Å². The Labute approximate surface area is 368 Å². The first-order valence-corrected chi connectivity index (χ1v) is 26.4. The summed E-state index contributed by atoms with van der Waals surface area (Å²) < 4.78 is 16.8. The average Bonchev–Trinajstić information content (AvgIpc) is 3.22. The Morgan fingerprint density at radius 1 is 0.322 bits per heavy atom. The smallest absolute Gasteiger partial charge is 0.306 e. The summed E-state index contributed by atoms with van der Waals surface area (Å²) in [6.45, 7) is 9.01. The van der Waals surface area contributed by atoms with Crippen molar-refractivity contribution in [1.29, 1.82) is 0 Å². The van der Waals surface area contributed by atoms with E-state index in [1.54, 1.807) is 0 Å². The van der Waals surface area contributed by atoms with Crippen molar-refractivity contribution in [2.45, 2.75) is 303 Å². The Kier molecular flexibility index (Phi) is 46.2. The van der Waals surface area contributed by atoms with Gasteiger partial charge in [0, 0.05) is 19.3 Å². The monoisotopic (exact) mass is 835 g/mol. The van der Waals surface area contributed by atoms with E-state index in [1.807, 2.05) is 0 Å². The van der Waals surface area contributed by atoms with Gasteiger partial charge in [0.15, 0.2) is 6.10 Å². The number of rotatable bonds is 48. The molecule has 0 aliphatic heterocycles. The first-order chi connectivity index (χ1) is 28.9. The fraction of sp³-hybridized carbons (Fsp3) is 0.943. The summed E-state index contributed by atoms with van der Waals surface area (Å²) in [7, 11) is 0. The molecule has 0 heterocycles. The molecule has 0 rings (SSSR count). The van der Waals surface area contributed by atoms with E-state index < -0.39 is 6.10 Å². The second-order valence-electron chi connectivity index (χ2n) is 18.6. The molecule has 0 fully saturated rings. The second kappa shape index (κ2) is 47.5. The zero-order valence-electron chi connectivity index (χ0n) is 40.2. The van der Waals surface area contributed by atoms with Crippen LogP contribution in [-0.2, 0) is 28.6 Å². The average molecular weight is 835 g/mol. The molecule has 0 aliphatic carbocycles. The minimum atomic E-state index is -0.760. The first-order valence-electron chi connectivity index (χ1n) is 26.4.